The van der Waals surface area contributed by atoms with Crippen LogP contribution in [0.15, 0.2) is 42.6 Å². The molecule has 2 aromatic heterocycles. The smallest absolute Gasteiger partial charge is 0.326 e. The van der Waals surface area contributed by atoms with Crippen LogP contribution < -0.4 is 10.6 Å². The number of rotatable bonds is 4. The molecule has 0 unspecified atom stereocenters. The molecule has 11 heteroatoms. The van der Waals surface area contributed by atoms with Crippen molar-refractivity contribution in [3.05, 3.63) is 52.7 Å². The molecule has 2 heterocycles. The lowest BCUT2D eigenvalue weighted by Crippen LogP contribution is -2.20. The predicted octanol–water partition coefficient (Wildman–Crippen LogP) is 3.98. The van der Waals surface area contributed by atoms with Crippen LogP contribution in [0.2, 0.25) is 0 Å². The summed E-state index contributed by atoms with van der Waals surface area (Å²) in [5.74, 6) is -0.0896. The van der Waals surface area contributed by atoms with Crippen molar-refractivity contribution in [2.24, 2.45) is 0 Å². The van der Waals surface area contributed by atoms with Gasteiger partial charge in [-0.25, -0.2) is 9.78 Å². The minimum absolute atomic E-state index is 0.0744. The molecule has 0 bridgehead atoms. The van der Waals surface area contributed by atoms with Crippen molar-refractivity contribution >= 4 is 60.9 Å². The molecule has 0 atom stereocenters. The Balaban J connectivity index is 1.58. The van der Waals surface area contributed by atoms with Gasteiger partial charge in [-0.15, -0.1) is 0 Å². The molecule has 0 aliphatic heterocycles. The van der Waals surface area contributed by atoms with Gasteiger partial charge in [-0.3, -0.25) is 20.2 Å². The summed E-state index contributed by atoms with van der Waals surface area (Å²) >= 11 is 1.26. The molecule has 0 spiro atoms. The van der Waals surface area contributed by atoms with Crippen LogP contribution in [0.25, 0.3) is 21.1 Å². The third kappa shape index (κ3) is 3.62. The number of nitro benzene ring substituents is 1. The number of anilines is 2. The standard InChI is InChI=1S/C18H14N6O4S/c1-2-16(25)20-11-3-5-13-15(8-11)29-17(21-13)22-18(26)23-14-6-4-12(24(27)28)7-10(14)9-19-23/h3-9H,2H2,1H3,(H,20,25)(H,21,22,26). The monoisotopic (exact) mass is 410 g/mol. The first-order valence-corrected chi connectivity index (χ1v) is 9.40. The van der Waals surface area contributed by atoms with Crippen LogP contribution in [0, 0.1) is 10.1 Å². The van der Waals surface area contributed by atoms with Crippen molar-refractivity contribution in [1.29, 1.82) is 0 Å². The Hall–Kier alpha value is -3.86. The van der Waals surface area contributed by atoms with E-state index in [-0.39, 0.29) is 11.6 Å². The Morgan fingerprint density at radius 2 is 2.03 bits per heavy atom. The molecule has 2 N–H and O–H groups in total. The van der Waals surface area contributed by atoms with E-state index in [0.29, 0.717) is 33.7 Å². The van der Waals surface area contributed by atoms with Crippen LogP contribution in [0.3, 0.4) is 0 Å². The van der Waals surface area contributed by atoms with Crippen molar-refractivity contribution in [2.45, 2.75) is 13.3 Å². The molecule has 0 saturated heterocycles. The number of nitro groups is 1. The Kier molecular flexibility index (Phi) is 4.64. The summed E-state index contributed by atoms with van der Waals surface area (Å²) in [5.41, 5.74) is 1.71. The molecule has 146 valence electrons. The van der Waals surface area contributed by atoms with E-state index in [1.54, 1.807) is 25.1 Å². The van der Waals surface area contributed by atoms with Crippen LogP contribution in [0.1, 0.15) is 13.3 Å². The zero-order chi connectivity index (χ0) is 20.5. The van der Waals surface area contributed by atoms with Crippen molar-refractivity contribution in [2.75, 3.05) is 10.6 Å². The van der Waals surface area contributed by atoms with Crippen molar-refractivity contribution < 1.29 is 14.5 Å². The summed E-state index contributed by atoms with van der Waals surface area (Å²) in [6.07, 6.45) is 1.77. The fourth-order valence-corrected chi connectivity index (χ4v) is 3.64. The number of carbonyl (C=O) groups excluding carboxylic acids is 2. The number of non-ortho nitro benzene ring substituents is 1. The zero-order valence-electron chi connectivity index (χ0n) is 15.1. The molecule has 10 nitrogen and oxygen atoms in total. The Morgan fingerprint density at radius 3 is 2.79 bits per heavy atom. The number of hydrogen-bond acceptors (Lipinski definition) is 7. The highest BCUT2D eigenvalue weighted by molar-refractivity contribution is 7.22. The number of nitrogens with one attached hydrogen (secondary N) is 2. The third-order valence-corrected chi connectivity index (χ3v) is 5.10. The van der Waals surface area contributed by atoms with Crippen LogP contribution in [-0.4, -0.2) is 31.6 Å². The summed E-state index contributed by atoms with van der Waals surface area (Å²) in [6.45, 7) is 1.77. The van der Waals surface area contributed by atoms with Gasteiger partial charge >= 0.3 is 6.03 Å². The zero-order valence-corrected chi connectivity index (χ0v) is 15.9. The first-order valence-electron chi connectivity index (χ1n) is 8.58. The van der Waals surface area contributed by atoms with Gasteiger partial charge in [0, 0.05) is 29.6 Å². The first-order chi connectivity index (χ1) is 13.9. The number of amides is 2. The summed E-state index contributed by atoms with van der Waals surface area (Å²) in [5, 5.41) is 21.2. The lowest BCUT2D eigenvalue weighted by atomic mass is 10.2. The second kappa shape index (κ2) is 7.28. The van der Waals surface area contributed by atoms with Gasteiger partial charge in [0.2, 0.25) is 5.91 Å². The highest BCUT2D eigenvalue weighted by atomic mass is 32.1. The molecular weight excluding hydrogens is 396 g/mol. The second-order valence-corrected chi connectivity index (χ2v) is 7.12. The average Bonchev–Trinajstić information content (AvgIpc) is 3.30. The van der Waals surface area contributed by atoms with Crippen LogP contribution in [0.5, 0.6) is 0 Å². The number of benzene rings is 2. The van der Waals surface area contributed by atoms with Gasteiger partial charge in [-0.2, -0.15) is 9.78 Å². The molecule has 0 aliphatic carbocycles. The predicted molar refractivity (Wildman–Crippen MR) is 109 cm³/mol. The number of hydrogen-bond donors (Lipinski definition) is 2. The van der Waals surface area contributed by atoms with Gasteiger partial charge in [-0.05, 0) is 24.3 Å². The van der Waals surface area contributed by atoms with Gasteiger partial charge in [0.05, 0.1) is 26.9 Å². The second-order valence-electron chi connectivity index (χ2n) is 6.09. The van der Waals surface area contributed by atoms with E-state index in [9.17, 15) is 19.7 Å². The van der Waals surface area contributed by atoms with E-state index in [4.69, 9.17) is 0 Å². The van der Waals surface area contributed by atoms with Gasteiger partial charge in [0.1, 0.15) is 0 Å². The average molecular weight is 410 g/mol. The van der Waals surface area contributed by atoms with Crippen molar-refractivity contribution in [3.8, 4) is 0 Å². The number of nitrogens with zero attached hydrogens (tertiary/aromatic N) is 4. The molecule has 4 rings (SSSR count). The van der Waals surface area contributed by atoms with Gasteiger partial charge in [0.25, 0.3) is 5.69 Å². The molecular formula is C18H14N6O4S. The number of carbonyl (C=O) groups is 2. The maximum absolute atomic E-state index is 12.6. The summed E-state index contributed by atoms with van der Waals surface area (Å²) in [7, 11) is 0. The Morgan fingerprint density at radius 1 is 1.21 bits per heavy atom. The molecule has 4 aromatic rings. The fourth-order valence-electron chi connectivity index (χ4n) is 2.75. The molecule has 29 heavy (non-hydrogen) atoms. The highest BCUT2D eigenvalue weighted by Gasteiger charge is 2.16. The molecule has 2 aromatic carbocycles. The Labute approximate surface area is 167 Å². The quantitative estimate of drug-likeness (QED) is 0.386. The van der Waals surface area contributed by atoms with E-state index in [1.807, 2.05) is 0 Å². The van der Waals surface area contributed by atoms with Gasteiger partial charge in [-0.1, -0.05) is 18.3 Å². The lowest BCUT2D eigenvalue weighted by molar-refractivity contribution is -0.384. The largest absolute Gasteiger partial charge is 0.348 e. The van der Waals surface area contributed by atoms with Crippen molar-refractivity contribution in [1.82, 2.24) is 14.8 Å². The van der Waals surface area contributed by atoms with E-state index < -0.39 is 11.0 Å². The maximum Gasteiger partial charge on any atom is 0.348 e. The van der Waals surface area contributed by atoms with E-state index >= 15 is 0 Å². The number of thiazole rings is 1. The SMILES string of the molecule is CCC(=O)Nc1ccc2nc(NC(=O)n3ncc4cc([N+](=O)[O-])ccc43)sc2c1. The van der Waals surface area contributed by atoms with E-state index in [0.717, 1.165) is 9.38 Å². The minimum Gasteiger partial charge on any atom is -0.326 e. The lowest BCUT2D eigenvalue weighted by Gasteiger charge is -2.02. The summed E-state index contributed by atoms with van der Waals surface area (Å²) < 4.78 is 1.92. The molecule has 0 aliphatic rings. The summed E-state index contributed by atoms with van der Waals surface area (Å²) in [6, 6.07) is 8.91. The van der Waals surface area contributed by atoms with Gasteiger partial charge < -0.3 is 5.32 Å². The fraction of sp³-hybridized carbons (Fsp3) is 0.111. The van der Waals surface area contributed by atoms with Crippen LogP contribution >= 0.6 is 11.3 Å². The first kappa shape index (κ1) is 18.5. The Bertz CT molecular complexity index is 1280. The topological polar surface area (TPSA) is 132 Å². The maximum atomic E-state index is 12.6. The minimum atomic E-state index is -0.535. The molecule has 0 fully saturated rings. The van der Waals surface area contributed by atoms with Crippen molar-refractivity contribution in [3.63, 3.8) is 0 Å². The van der Waals surface area contributed by atoms with E-state index in [2.05, 4.69) is 20.7 Å². The normalized spacial score (nSPS) is 10.9. The molecule has 0 saturated carbocycles. The molecule has 0 radical (unpaired) electrons. The van der Waals surface area contributed by atoms with E-state index in [1.165, 1.54) is 35.7 Å². The summed E-state index contributed by atoms with van der Waals surface area (Å²) in [4.78, 5) is 38.9. The van der Waals surface area contributed by atoms with Gasteiger partial charge in [0.15, 0.2) is 5.13 Å². The number of fused-ring (bicyclic) bond motifs is 2. The highest BCUT2D eigenvalue weighted by Crippen LogP contribution is 2.29. The van der Waals surface area contributed by atoms with Crippen LogP contribution in [0.4, 0.5) is 21.3 Å². The third-order valence-electron chi connectivity index (χ3n) is 4.16. The molecule has 2 amide bonds. The van der Waals surface area contributed by atoms with Crippen LogP contribution in [-0.2, 0) is 4.79 Å². The number of aromatic nitrogens is 3.